The Balaban J connectivity index is 1.93. The van der Waals surface area contributed by atoms with Crippen molar-refractivity contribution in [2.45, 2.75) is 13.0 Å². The van der Waals surface area contributed by atoms with E-state index < -0.39 is 0 Å². The molecule has 1 unspecified atom stereocenters. The van der Waals surface area contributed by atoms with Crippen molar-refractivity contribution in [3.63, 3.8) is 0 Å². The Hall–Kier alpha value is -1.40. The summed E-state index contributed by atoms with van der Waals surface area (Å²) in [5, 5.41) is 6.83. The van der Waals surface area contributed by atoms with E-state index in [0.717, 1.165) is 18.7 Å². The summed E-state index contributed by atoms with van der Waals surface area (Å²) in [7, 11) is 1.74. The maximum Gasteiger partial charge on any atom is 0.292 e. The fourth-order valence-electron chi connectivity index (χ4n) is 1.80. The van der Waals surface area contributed by atoms with Gasteiger partial charge >= 0.3 is 0 Å². The first kappa shape index (κ1) is 12.1. The van der Waals surface area contributed by atoms with Crippen molar-refractivity contribution in [2.75, 3.05) is 33.3 Å². The summed E-state index contributed by atoms with van der Waals surface area (Å²) in [6.45, 7) is 4.68. The number of nitrogens with zero attached hydrogens (tertiary/aromatic N) is 2. The highest BCUT2D eigenvalue weighted by molar-refractivity contribution is 5.92. The predicted molar refractivity (Wildman–Crippen MR) is 60.8 cm³/mol. The van der Waals surface area contributed by atoms with E-state index in [4.69, 9.17) is 9.26 Å². The third kappa shape index (κ3) is 2.83. The van der Waals surface area contributed by atoms with E-state index >= 15 is 0 Å². The molecule has 1 fully saturated rings. The van der Waals surface area contributed by atoms with Crippen LogP contribution in [0.15, 0.2) is 10.7 Å². The molecule has 1 aromatic heterocycles. The molecule has 94 valence electrons. The number of carbonyl (C=O) groups is 1. The van der Waals surface area contributed by atoms with Crippen LogP contribution in [0, 0.1) is 6.92 Å². The quantitative estimate of drug-likeness (QED) is 0.807. The number of aryl methyl sites for hydroxylation is 1. The second-order valence-electron chi connectivity index (χ2n) is 4.22. The number of carbonyl (C=O) groups excluding carboxylic acids is 1. The van der Waals surface area contributed by atoms with E-state index in [1.807, 2.05) is 0 Å². The molecule has 1 amide bonds. The van der Waals surface area contributed by atoms with Gasteiger partial charge < -0.3 is 19.5 Å². The summed E-state index contributed by atoms with van der Waals surface area (Å²) in [5.74, 6) is 0.144. The van der Waals surface area contributed by atoms with Crippen LogP contribution in [-0.4, -0.2) is 55.4 Å². The lowest BCUT2D eigenvalue weighted by Crippen LogP contribution is -2.45. The second-order valence-corrected chi connectivity index (χ2v) is 4.22. The van der Waals surface area contributed by atoms with Crippen LogP contribution in [-0.2, 0) is 4.74 Å². The van der Waals surface area contributed by atoms with Gasteiger partial charge in [0.1, 0.15) is 0 Å². The van der Waals surface area contributed by atoms with E-state index in [-0.39, 0.29) is 12.0 Å². The summed E-state index contributed by atoms with van der Waals surface area (Å²) in [6, 6.07) is 0. The number of likely N-dealkylation sites (N-methyl/N-ethyl adjacent to an activating group) is 1. The third-order valence-electron chi connectivity index (χ3n) is 2.77. The first-order valence-corrected chi connectivity index (χ1v) is 5.67. The van der Waals surface area contributed by atoms with Crippen LogP contribution in [0.5, 0.6) is 0 Å². The Morgan fingerprint density at radius 1 is 1.71 bits per heavy atom. The molecule has 0 bridgehead atoms. The first-order chi connectivity index (χ1) is 8.18. The Labute approximate surface area is 99.9 Å². The molecule has 2 rings (SSSR count). The summed E-state index contributed by atoms with van der Waals surface area (Å²) in [4.78, 5) is 13.6. The Kier molecular flexibility index (Phi) is 3.75. The van der Waals surface area contributed by atoms with Crippen LogP contribution in [0.1, 0.15) is 16.1 Å². The molecule has 0 spiro atoms. The van der Waals surface area contributed by atoms with E-state index in [9.17, 15) is 4.79 Å². The van der Waals surface area contributed by atoms with Gasteiger partial charge in [0, 0.05) is 32.2 Å². The zero-order valence-electron chi connectivity index (χ0n) is 10.1. The highest BCUT2D eigenvalue weighted by Gasteiger charge is 2.22. The Bertz CT molecular complexity index is 385. The van der Waals surface area contributed by atoms with Gasteiger partial charge in [-0.05, 0) is 6.92 Å². The number of aromatic nitrogens is 1. The Morgan fingerprint density at radius 3 is 3.12 bits per heavy atom. The highest BCUT2D eigenvalue weighted by atomic mass is 16.5. The molecule has 1 saturated heterocycles. The molecule has 1 aromatic rings. The summed E-state index contributed by atoms with van der Waals surface area (Å²) in [5.41, 5.74) is 0.754. The summed E-state index contributed by atoms with van der Waals surface area (Å²) in [6.07, 6.45) is 1.58. The molecule has 1 atom stereocenters. The normalized spacial score (nSPS) is 20.2. The van der Waals surface area contributed by atoms with Crippen molar-refractivity contribution in [3.8, 4) is 0 Å². The van der Waals surface area contributed by atoms with Crippen LogP contribution in [0.2, 0.25) is 0 Å². The lowest BCUT2D eigenvalue weighted by Gasteiger charge is -2.27. The van der Waals surface area contributed by atoms with Crippen LogP contribution in [0.3, 0.4) is 0 Å². The predicted octanol–water partition coefficient (Wildman–Crippen LogP) is 0.0434. The molecular weight excluding hydrogens is 222 g/mol. The molecule has 1 aliphatic heterocycles. The molecule has 17 heavy (non-hydrogen) atoms. The maximum atomic E-state index is 12.0. The van der Waals surface area contributed by atoms with Crippen LogP contribution >= 0.6 is 0 Å². The number of rotatable bonds is 3. The SMILES string of the molecule is Cc1cnoc1C(=O)N(C)CC1CNCCO1. The molecule has 1 N–H and O–H groups in total. The van der Waals surface area contributed by atoms with Crippen LogP contribution in [0.25, 0.3) is 0 Å². The lowest BCUT2D eigenvalue weighted by molar-refractivity contribution is 0.00952. The number of hydrogen-bond donors (Lipinski definition) is 1. The molecule has 1 aliphatic rings. The molecule has 6 nitrogen and oxygen atoms in total. The van der Waals surface area contributed by atoms with E-state index in [1.54, 1.807) is 25.1 Å². The molecule has 0 aromatic carbocycles. The van der Waals surface area contributed by atoms with Crippen molar-refractivity contribution in [1.82, 2.24) is 15.4 Å². The molecule has 0 saturated carbocycles. The van der Waals surface area contributed by atoms with Gasteiger partial charge in [-0.2, -0.15) is 0 Å². The number of ether oxygens (including phenoxy) is 1. The number of nitrogens with one attached hydrogen (secondary N) is 1. The fourth-order valence-corrected chi connectivity index (χ4v) is 1.80. The minimum atomic E-state index is -0.158. The minimum Gasteiger partial charge on any atom is -0.374 e. The average molecular weight is 239 g/mol. The van der Waals surface area contributed by atoms with Gasteiger partial charge in [-0.25, -0.2) is 0 Å². The first-order valence-electron chi connectivity index (χ1n) is 5.67. The zero-order chi connectivity index (χ0) is 12.3. The maximum absolute atomic E-state index is 12.0. The monoisotopic (exact) mass is 239 g/mol. The van der Waals surface area contributed by atoms with Gasteiger partial charge in [-0.15, -0.1) is 0 Å². The van der Waals surface area contributed by atoms with Crippen LogP contribution < -0.4 is 5.32 Å². The van der Waals surface area contributed by atoms with E-state index in [0.29, 0.717) is 18.9 Å². The Morgan fingerprint density at radius 2 is 2.53 bits per heavy atom. The molecular formula is C11H17N3O3. The van der Waals surface area contributed by atoms with Crippen molar-refractivity contribution >= 4 is 5.91 Å². The van der Waals surface area contributed by atoms with Crippen molar-refractivity contribution in [2.24, 2.45) is 0 Å². The number of amides is 1. The topological polar surface area (TPSA) is 67.6 Å². The zero-order valence-corrected chi connectivity index (χ0v) is 10.1. The number of hydrogen-bond acceptors (Lipinski definition) is 5. The second kappa shape index (κ2) is 5.29. The smallest absolute Gasteiger partial charge is 0.292 e. The summed E-state index contributed by atoms with van der Waals surface area (Å²) < 4.78 is 10.5. The van der Waals surface area contributed by atoms with Crippen molar-refractivity contribution in [1.29, 1.82) is 0 Å². The van der Waals surface area contributed by atoms with E-state index in [2.05, 4.69) is 10.5 Å². The van der Waals surface area contributed by atoms with E-state index in [1.165, 1.54) is 0 Å². The molecule has 0 aliphatic carbocycles. The van der Waals surface area contributed by atoms with Crippen molar-refractivity contribution < 1.29 is 14.1 Å². The fraction of sp³-hybridized carbons (Fsp3) is 0.636. The standard InChI is InChI=1S/C11H17N3O3/c1-8-5-13-17-10(8)11(15)14(2)7-9-6-12-3-4-16-9/h5,9,12H,3-4,6-7H2,1-2H3. The molecule has 0 radical (unpaired) electrons. The lowest BCUT2D eigenvalue weighted by atomic mass is 10.2. The summed E-state index contributed by atoms with van der Waals surface area (Å²) >= 11 is 0. The van der Waals surface area contributed by atoms with Gasteiger partial charge in [-0.3, -0.25) is 4.79 Å². The van der Waals surface area contributed by atoms with Gasteiger partial charge in [0.05, 0.1) is 18.9 Å². The molecule has 2 heterocycles. The highest BCUT2D eigenvalue weighted by Crippen LogP contribution is 2.10. The largest absolute Gasteiger partial charge is 0.374 e. The minimum absolute atomic E-state index is 0.0425. The van der Waals surface area contributed by atoms with Gasteiger partial charge in [0.2, 0.25) is 5.76 Å². The average Bonchev–Trinajstić information content (AvgIpc) is 2.76. The van der Waals surface area contributed by atoms with Gasteiger partial charge in [0.25, 0.3) is 5.91 Å². The molecule has 6 heteroatoms. The van der Waals surface area contributed by atoms with Crippen LogP contribution in [0.4, 0.5) is 0 Å². The van der Waals surface area contributed by atoms with Gasteiger partial charge in [0.15, 0.2) is 0 Å². The number of morpholine rings is 1. The third-order valence-corrected chi connectivity index (χ3v) is 2.77. The van der Waals surface area contributed by atoms with Gasteiger partial charge in [-0.1, -0.05) is 5.16 Å². The van der Waals surface area contributed by atoms with Crippen molar-refractivity contribution in [3.05, 3.63) is 17.5 Å².